The number of carbonyl (C=O) groups excluding carboxylic acids is 2. The number of nitrogens with one attached hydrogen (secondary N) is 2. The summed E-state index contributed by atoms with van der Waals surface area (Å²) in [6, 6.07) is 10.8. The molecular weight excluding hydrogens is 338 g/mol. The molecular formula is C18H21N3O3S. The van der Waals surface area contributed by atoms with E-state index in [0.29, 0.717) is 44.1 Å². The summed E-state index contributed by atoms with van der Waals surface area (Å²) in [5.74, 6) is -0.0370. The Hall–Kier alpha value is -2.38. The van der Waals surface area contributed by atoms with E-state index in [1.54, 1.807) is 40.5 Å². The van der Waals surface area contributed by atoms with Crippen LogP contribution in [0, 0.1) is 0 Å². The third-order valence-corrected chi connectivity index (χ3v) is 4.84. The Morgan fingerprint density at radius 3 is 2.76 bits per heavy atom. The first-order chi connectivity index (χ1) is 12.2. The molecule has 0 spiro atoms. The quantitative estimate of drug-likeness (QED) is 0.862. The van der Waals surface area contributed by atoms with Crippen molar-refractivity contribution in [2.75, 3.05) is 38.2 Å². The minimum absolute atomic E-state index is 0.0370. The van der Waals surface area contributed by atoms with Gasteiger partial charge in [0.05, 0.1) is 13.2 Å². The SMILES string of the molecule is O=C(NCCc1cccs1)Nc1cccc(C(=O)N2CCOCC2)c1. The second kappa shape index (κ2) is 8.64. The fraction of sp³-hybridized carbons (Fsp3) is 0.333. The molecule has 0 bridgehead atoms. The van der Waals surface area contributed by atoms with Gasteiger partial charge < -0.3 is 20.3 Å². The van der Waals surface area contributed by atoms with E-state index in [1.165, 1.54) is 4.88 Å². The maximum atomic E-state index is 12.5. The number of hydrogen-bond acceptors (Lipinski definition) is 4. The van der Waals surface area contributed by atoms with E-state index in [9.17, 15) is 9.59 Å². The van der Waals surface area contributed by atoms with Crippen molar-refractivity contribution in [2.45, 2.75) is 6.42 Å². The lowest BCUT2D eigenvalue weighted by atomic mass is 10.1. The third kappa shape index (κ3) is 5.04. The molecule has 1 aliphatic heterocycles. The standard InChI is InChI=1S/C18H21N3O3S/c22-17(21-8-10-24-11-9-21)14-3-1-4-15(13-14)20-18(23)19-7-6-16-5-2-12-25-16/h1-5,12-13H,6-11H2,(H2,19,20,23). The number of anilines is 1. The third-order valence-electron chi connectivity index (χ3n) is 3.90. The molecule has 132 valence electrons. The van der Waals surface area contributed by atoms with Crippen LogP contribution in [0.5, 0.6) is 0 Å². The molecule has 2 N–H and O–H groups in total. The topological polar surface area (TPSA) is 70.7 Å². The second-order valence-corrected chi connectivity index (χ2v) is 6.73. The molecule has 3 rings (SSSR count). The molecule has 3 amide bonds. The predicted molar refractivity (Wildman–Crippen MR) is 98.2 cm³/mol. The van der Waals surface area contributed by atoms with Gasteiger partial charge >= 0.3 is 6.03 Å². The van der Waals surface area contributed by atoms with E-state index in [-0.39, 0.29) is 11.9 Å². The summed E-state index contributed by atoms with van der Waals surface area (Å²) in [6.45, 7) is 2.89. The second-order valence-electron chi connectivity index (χ2n) is 5.70. The molecule has 2 aromatic rings. The van der Waals surface area contributed by atoms with Crippen molar-refractivity contribution in [1.82, 2.24) is 10.2 Å². The Morgan fingerprint density at radius 2 is 2.00 bits per heavy atom. The van der Waals surface area contributed by atoms with Gasteiger partial charge in [-0.05, 0) is 36.1 Å². The summed E-state index contributed by atoms with van der Waals surface area (Å²) in [5.41, 5.74) is 1.17. The van der Waals surface area contributed by atoms with Gasteiger partial charge in [-0.2, -0.15) is 0 Å². The Labute approximate surface area is 150 Å². The molecule has 1 saturated heterocycles. The highest BCUT2D eigenvalue weighted by Gasteiger charge is 2.18. The highest BCUT2D eigenvalue weighted by molar-refractivity contribution is 7.09. The zero-order valence-electron chi connectivity index (χ0n) is 13.9. The van der Waals surface area contributed by atoms with Crippen LogP contribution in [0.4, 0.5) is 10.5 Å². The van der Waals surface area contributed by atoms with Gasteiger partial charge in [0.15, 0.2) is 0 Å². The summed E-state index contributed by atoms with van der Waals surface area (Å²) < 4.78 is 5.27. The van der Waals surface area contributed by atoms with E-state index < -0.39 is 0 Å². The highest BCUT2D eigenvalue weighted by atomic mass is 32.1. The summed E-state index contributed by atoms with van der Waals surface area (Å²) in [5, 5.41) is 7.62. The lowest BCUT2D eigenvalue weighted by Crippen LogP contribution is -2.40. The molecule has 0 atom stereocenters. The van der Waals surface area contributed by atoms with Gasteiger partial charge in [-0.25, -0.2) is 4.79 Å². The number of amides is 3. The van der Waals surface area contributed by atoms with Crippen molar-refractivity contribution in [2.24, 2.45) is 0 Å². The molecule has 1 fully saturated rings. The van der Waals surface area contributed by atoms with Crippen LogP contribution in [-0.2, 0) is 11.2 Å². The van der Waals surface area contributed by atoms with Gasteiger partial charge in [-0.1, -0.05) is 12.1 Å². The Balaban J connectivity index is 1.52. The van der Waals surface area contributed by atoms with Crippen LogP contribution in [0.15, 0.2) is 41.8 Å². The normalized spacial score (nSPS) is 14.2. The van der Waals surface area contributed by atoms with Crippen LogP contribution < -0.4 is 10.6 Å². The van der Waals surface area contributed by atoms with Gasteiger partial charge in [0.2, 0.25) is 0 Å². The summed E-state index contributed by atoms with van der Waals surface area (Å²) in [4.78, 5) is 27.5. The number of urea groups is 1. The van der Waals surface area contributed by atoms with Crippen LogP contribution in [0.1, 0.15) is 15.2 Å². The zero-order chi connectivity index (χ0) is 17.5. The van der Waals surface area contributed by atoms with Crippen LogP contribution in [0.25, 0.3) is 0 Å². The Bertz CT molecular complexity index is 712. The maximum Gasteiger partial charge on any atom is 0.319 e. The fourth-order valence-corrected chi connectivity index (χ4v) is 3.32. The highest BCUT2D eigenvalue weighted by Crippen LogP contribution is 2.14. The molecule has 25 heavy (non-hydrogen) atoms. The van der Waals surface area contributed by atoms with E-state index in [4.69, 9.17) is 4.74 Å². The first-order valence-electron chi connectivity index (χ1n) is 8.27. The molecule has 2 heterocycles. The van der Waals surface area contributed by atoms with Crippen LogP contribution >= 0.6 is 11.3 Å². The smallest absolute Gasteiger partial charge is 0.319 e. The molecule has 1 aromatic carbocycles. The van der Waals surface area contributed by atoms with Crippen molar-refractivity contribution >= 4 is 29.0 Å². The summed E-state index contributed by atoms with van der Waals surface area (Å²) >= 11 is 1.67. The molecule has 0 saturated carbocycles. The van der Waals surface area contributed by atoms with E-state index in [0.717, 1.165) is 6.42 Å². The maximum absolute atomic E-state index is 12.5. The predicted octanol–water partition coefficient (Wildman–Crippen LogP) is 2.58. The summed E-state index contributed by atoms with van der Waals surface area (Å²) in [7, 11) is 0. The van der Waals surface area contributed by atoms with Crippen LogP contribution in [0.3, 0.4) is 0 Å². The van der Waals surface area contributed by atoms with Gasteiger partial charge in [0, 0.05) is 35.8 Å². The van der Waals surface area contributed by atoms with Crippen LogP contribution in [-0.4, -0.2) is 49.7 Å². The van der Waals surface area contributed by atoms with Crippen LogP contribution in [0.2, 0.25) is 0 Å². The van der Waals surface area contributed by atoms with Gasteiger partial charge in [0.1, 0.15) is 0 Å². The first-order valence-corrected chi connectivity index (χ1v) is 9.14. The number of rotatable bonds is 5. The minimum atomic E-state index is -0.271. The number of ether oxygens (including phenoxy) is 1. The van der Waals surface area contributed by atoms with Gasteiger partial charge in [-0.15, -0.1) is 11.3 Å². The first kappa shape index (κ1) is 17.4. The number of benzene rings is 1. The molecule has 1 aromatic heterocycles. The van der Waals surface area contributed by atoms with E-state index in [2.05, 4.69) is 10.6 Å². The molecule has 1 aliphatic rings. The number of nitrogens with zero attached hydrogens (tertiary/aromatic N) is 1. The van der Waals surface area contributed by atoms with Crippen molar-refractivity contribution in [3.05, 3.63) is 52.2 Å². The number of carbonyl (C=O) groups is 2. The van der Waals surface area contributed by atoms with Gasteiger partial charge in [-0.3, -0.25) is 4.79 Å². The average molecular weight is 359 g/mol. The number of thiophene rings is 1. The molecule has 6 nitrogen and oxygen atoms in total. The fourth-order valence-electron chi connectivity index (χ4n) is 2.61. The van der Waals surface area contributed by atoms with Crippen molar-refractivity contribution in [1.29, 1.82) is 0 Å². The molecule has 7 heteroatoms. The average Bonchev–Trinajstić information content (AvgIpc) is 3.15. The summed E-state index contributed by atoms with van der Waals surface area (Å²) in [6.07, 6.45) is 0.806. The lowest BCUT2D eigenvalue weighted by molar-refractivity contribution is 0.0303. The number of morpholine rings is 1. The largest absolute Gasteiger partial charge is 0.378 e. The molecule has 0 radical (unpaired) electrons. The minimum Gasteiger partial charge on any atom is -0.378 e. The lowest BCUT2D eigenvalue weighted by Gasteiger charge is -2.27. The Morgan fingerprint density at radius 1 is 1.16 bits per heavy atom. The Kier molecular flexibility index (Phi) is 6.03. The van der Waals surface area contributed by atoms with Crippen molar-refractivity contribution < 1.29 is 14.3 Å². The van der Waals surface area contributed by atoms with Crippen molar-refractivity contribution in [3.8, 4) is 0 Å². The van der Waals surface area contributed by atoms with E-state index in [1.807, 2.05) is 17.5 Å². The molecule has 0 unspecified atom stereocenters. The molecule has 0 aliphatic carbocycles. The van der Waals surface area contributed by atoms with E-state index >= 15 is 0 Å². The zero-order valence-corrected chi connectivity index (χ0v) is 14.7. The van der Waals surface area contributed by atoms with Gasteiger partial charge in [0.25, 0.3) is 5.91 Å². The number of hydrogen-bond donors (Lipinski definition) is 2. The van der Waals surface area contributed by atoms with Crippen molar-refractivity contribution in [3.63, 3.8) is 0 Å². The monoisotopic (exact) mass is 359 g/mol.